The SMILES string of the molecule is C#CCCC(=O)N(C)[C@H](CC(C)C)C(=O)C(C)(C)C. The molecule has 0 aromatic carbocycles. The fraction of sp³-hybridized carbons (Fsp3) is 0.750. The molecule has 0 radical (unpaired) electrons. The van der Waals surface area contributed by atoms with Crippen LogP contribution in [-0.4, -0.2) is 29.7 Å². The number of likely N-dealkylation sites (N-methyl/N-ethyl adjacent to an activating group) is 1. The molecule has 0 aliphatic rings. The van der Waals surface area contributed by atoms with E-state index in [0.717, 1.165) is 0 Å². The number of Topliss-reactive ketones (excluding diaryl/α,β-unsaturated/α-hetero) is 1. The van der Waals surface area contributed by atoms with E-state index in [0.29, 0.717) is 25.2 Å². The molecule has 0 saturated heterocycles. The number of hydrogen-bond donors (Lipinski definition) is 0. The zero-order valence-electron chi connectivity index (χ0n) is 13.1. The van der Waals surface area contributed by atoms with Crippen LogP contribution in [-0.2, 0) is 9.59 Å². The summed E-state index contributed by atoms with van der Waals surface area (Å²) in [6.45, 7) is 9.79. The van der Waals surface area contributed by atoms with Gasteiger partial charge in [0.25, 0.3) is 0 Å². The van der Waals surface area contributed by atoms with Crippen LogP contribution in [0.4, 0.5) is 0 Å². The van der Waals surface area contributed by atoms with Crippen molar-refractivity contribution in [2.45, 2.75) is 59.9 Å². The lowest BCUT2D eigenvalue weighted by Crippen LogP contribution is -2.47. The normalized spacial score (nSPS) is 12.9. The fourth-order valence-electron chi connectivity index (χ4n) is 1.92. The summed E-state index contributed by atoms with van der Waals surface area (Å²) in [5.74, 6) is 2.88. The molecule has 0 saturated carbocycles. The molecule has 0 fully saturated rings. The molecule has 0 rings (SSSR count). The maximum absolute atomic E-state index is 12.5. The Labute approximate surface area is 117 Å². The van der Waals surface area contributed by atoms with Gasteiger partial charge in [0.05, 0.1) is 6.04 Å². The van der Waals surface area contributed by atoms with Crippen molar-refractivity contribution in [2.24, 2.45) is 11.3 Å². The van der Waals surface area contributed by atoms with E-state index in [-0.39, 0.29) is 17.7 Å². The smallest absolute Gasteiger partial charge is 0.223 e. The number of nitrogens with zero attached hydrogens (tertiary/aromatic N) is 1. The second kappa shape index (κ2) is 7.33. The molecule has 0 N–H and O–H groups in total. The highest BCUT2D eigenvalue weighted by molar-refractivity contribution is 5.92. The average Bonchev–Trinajstić information content (AvgIpc) is 2.29. The highest BCUT2D eigenvalue weighted by Crippen LogP contribution is 2.23. The van der Waals surface area contributed by atoms with Gasteiger partial charge in [0, 0.05) is 25.3 Å². The van der Waals surface area contributed by atoms with Crippen LogP contribution < -0.4 is 0 Å². The third-order valence-electron chi connectivity index (χ3n) is 3.08. The van der Waals surface area contributed by atoms with Gasteiger partial charge >= 0.3 is 0 Å². The lowest BCUT2D eigenvalue weighted by molar-refractivity contribution is -0.142. The molecular weight excluding hydrogens is 238 g/mol. The summed E-state index contributed by atoms with van der Waals surface area (Å²) >= 11 is 0. The van der Waals surface area contributed by atoms with E-state index in [1.165, 1.54) is 0 Å². The highest BCUT2D eigenvalue weighted by Gasteiger charge is 2.34. The Balaban J connectivity index is 5.00. The van der Waals surface area contributed by atoms with Crippen molar-refractivity contribution in [1.29, 1.82) is 0 Å². The van der Waals surface area contributed by atoms with Gasteiger partial charge in [-0.05, 0) is 12.3 Å². The van der Waals surface area contributed by atoms with Crippen molar-refractivity contribution in [1.82, 2.24) is 4.90 Å². The third-order valence-corrected chi connectivity index (χ3v) is 3.08. The molecule has 0 aromatic heterocycles. The minimum atomic E-state index is -0.444. The Morgan fingerprint density at radius 1 is 1.26 bits per heavy atom. The zero-order valence-corrected chi connectivity index (χ0v) is 13.1. The predicted molar refractivity (Wildman–Crippen MR) is 78.5 cm³/mol. The average molecular weight is 265 g/mol. The Bertz CT molecular complexity index is 358. The van der Waals surface area contributed by atoms with Crippen LogP contribution >= 0.6 is 0 Å². The first-order chi connectivity index (χ1) is 8.61. The molecular formula is C16H27NO2. The first kappa shape index (κ1) is 17.7. The first-order valence-corrected chi connectivity index (χ1v) is 6.84. The Hall–Kier alpha value is -1.30. The lowest BCUT2D eigenvalue weighted by Gasteiger charge is -2.33. The van der Waals surface area contributed by atoms with E-state index >= 15 is 0 Å². The van der Waals surface area contributed by atoms with Crippen molar-refractivity contribution < 1.29 is 9.59 Å². The maximum atomic E-state index is 12.5. The molecule has 0 unspecified atom stereocenters. The third kappa shape index (κ3) is 5.92. The van der Waals surface area contributed by atoms with Crippen LogP contribution in [0.2, 0.25) is 0 Å². The fourth-order valence-corrected chi connectivity index (χ4v) is 1.92. The summed E-state index contributed by atoms with van der Waals surface area (Å²) in [6, 6.07) is -0.356. The van der Waals surface area contributed by atoms with Gasteiger partial charge in [-0.1, -0.05) is 34.6 Å². The van der Waals surface area contributed by atoms with E-state index in [2.05, 4.69) is 19.8 Å². The summed E-state index contributed by atoms with van der Waals surface area (Å²) in [6.07, 6.45) is 6.59. The summed E-state index contributed by atoms with van der Waals surface area (Å²) in [4.78, 5) is 26.1. The van der Waals surface area contributed by atoms with Crippen LogP contribution in [0, 0.1) is 23.7 Å². The molecule has 3 heteroatoms. The summed E-state index contributed by atoms with van der Waals surface area (Å²) in [7, 11) is 1.70. The molecule has 1 atom stereocenters. The number of rotatable bonds is 6. The Morgan fingerprint density at radius 3 is 2.16 bits per heavy atom. The number of ketones is 1. The van der Waals surface area contributed by atoms with Crippen molar-refractivity contribution >= 4 is 11.7 Å². The highest BCUT2D eigenvalue weighted by atomic mass is 16.2. The monoisotopic (exact) mass is 265 g/mol. The number of carbonyl (C=O) groups excluding carboxylic acids is 2. The molecule has 3 nitrogen and oxygen atoms in total. The van der Waals surface area contributed by atoms with Crippen LogP contribution in [0.5, 0.6) is 0 Å². The second-order valence-electron chi connectivity index (χ2n) is 6.47. The second-order valence-corrected chi connectivity index (χ2v) is 6.47. The molecule has 0 aliphatic heterocycles. The number of amides is 1. The maximum Gasteiger partial charge on any atom is 0.223 e. The topological polar surface area (TPSA) is 37.4 Å². The van der Waals surface area contributed by atoms with Gasteiger partial charge in [-0.2, -0.15) is 0 Å². The van der Waals surface area contributed by atoms with E-state index in [1.54, 1.807) is 11.9 Å². The van der Waals surface area contributed by atoms with Gasteiger partial charge in [0.1, 0.15) is 0 Å². The molecule has 0 bridgehead atoms. The molecule has 0 aliphatic carbocycles. The van der Waals surface area contributed by atoms with Gasteiger partial charge in [-0.3, -0.25) is 9.59 Å². The molecule has 108 valence electrons. The predicted octanol–water partition coefficient (Wildman–Crippen LogP) is 2.89. The van der Waals surface area contributed by atoms with Crippen molar-refractivity contribution in [2.75, 3.05) is 7.05 Å². The van der Waals surface area contributed by atoms with Gasteiger partial charge in [-0.25, -0.2) is 0 Å². The number of carbonyl (C=O) groups is 2. The molecule has 0 spiro atoms. The van der Waals surface area contributed by atoms with E-state index in [1.807, 2.05) is 20.8 Å². The van der Waals surface area contributed by atoms with Crippen LogP contribution in [0.25, 0.3) is 0 Å². The minimum absolute atomic E-state index is 0.0544. The van der Waals surface area contributed by atoms with Gasteiger partial charge in [0.15, 0.2) is 5.78 Å². The van der Waals surface area contributed by atoms with Crippen molar-refractivity contribution in [3.63, 3.8) is 0 Å². The Morgan fingerprint density at radius 2 is 1.79 bits per heavy atom. The number of terminal acetylenes is 1. The van der Waals surface area contributed by atoms with E-state index in [9.17, 15) is 9.59 Å². The van der Waals surface area contributed by atoms with Gasteiger partial charge < -0.3 is 4.90 Å². The quantitative estimate of drug-likeness (QED) is 0.692. The summed E-state index contributed by atoms with van der Waals surface area (Å²) < 4.78 is 0. The van der Waals surface area contributed by atoms with Crippen LogP contribution in [0.3, 0.4) is 0 Å². The van der Waals surface area contributed by atoms with Crippen molar-refractivity contribution in [3.8, 4) is 12.3 Å². The first-order valence-electron chi connectivity index (χ1n) is 6.84. The largest absolute Gasteiger partial charge is 0.336 e. The molecule has 0 heterocycles. The minimum Gasteiger partial charge on any atom is -0.336 e. The number of hydrogen-bond acceptors (Lipinski definition) is 2. The van der Waals surface area contributed by atoms with Gasteiger partial charge in [-0.15, -0.1) is 12.3 Å². The molecule has 1 amide bonds. The standard InChI is InChI=1S/C16H27NO2/c1-8-9-10-14(18)17(7)13(11-12(2)3)15(19)16(4,5)6/h1,12-13H,9-11H2,2-7H3/t13-/m1/s1. The van der Waals surface area contributed by atoms with Crippen LogP contribution in [0.15, 0.2) is 0 Å². The van der Waals surface area contributed by atoms with E-state index in [4.69, 9.17) is 6.42 Å². The zero-order chi connectivity index (χ0) is 15.2. The lowest BCUT2D eigenvalue weighted by atomic mass is 9.83. The van der Waals surface area contributed by atoms with Crippen molar-refractivity contribution in [3.05, 3.63) is 0 Å². The summed E-state index contributed by atoms with van der Waals surface area (Å²) in [5.41, 5.74) is -0.444. The summed E-state index contributed by atoms with van der Waals surface area (Å²) in [5, 5.41) is 0. The van der Waals surface area contributed by atoms with E-state index < -0.39 is 5.41 Å². The Kier molecular flexibility index (Phi) is 6.83. The molecule has 19 heavy (non-hydrogen) atoms. The van der Waals surface area contributed by atoms with Crippen LogP contribution in [0.1, 0.15) is 53.9 Å². The molecule has 0 aromatic rings. The van der Waals surface area contributed by atoms with Gasteiger partial charge in [0.2, 0.25) is 5.91 Å².